The van der Waals surface area contributed by atoms with Crippen molar-refractivity contribution in [3.05, 3.63) is 18.3 Å². The average Bonchev–Trinajstić information content (AvgIpc) is 3.48. The number of hydrogen-bond donors (Lipinski definition) is 1. The summed E-state index contributed by atoms with van der Waals surface area (Å²) in [6, 6.07) is 4.04. The fourth-order valence-corrected chi connectivity index (χ4v) is 5.63. The number of alkyl halides is 3. The molecule has 164 valence electrons. The van der Waals surface area contributed by atoms with Gasteiger partial charge in [0.25, 0.3) is 0 Å². The van der Waals surface area contributed by atoms with Gasteiger partial charge in [0.05, 0.1) is 5.69 Å². The van der Waals surface area contributed by atoms with Gasteiger partial charge < -0.3 is 20.3 Å². The quantitative estimate of drug-likeness (QED) is 0.791. The van der Waals surface area contributed by atoms with E-state index in [0.29, 0.717) is 41.1 Å². The molecule has 2 saturated carbocycles. The Bertz CT molecular complexity index is 1020. The highest BCUT2D eigenvalue weighted by molar-refractivity contribution is 5.68. The molecule has 5 aliphatic rings. The Morgan fingerprint density at radius 2 is 1.74 bits per heavy atom. The molecule has 2 aromatic heterocycles. The molecule has 3 aliphatic heterocycles. The van der Waals surface area contributed by atoms with Crippen LogP contribution in [0.1, 0.15) is 32.1 Å². The van der Waals surface area contributed by atoms with Crippen molar-refractivity contribution in [3.63, 3.8) is 0 Å². The maximum Gasteiger partial charge on any atom is 0.573 e. The Hall–Kier alpha value is -2.78. The molecule has 2 aliphatic carbocycles. The first kappa shape index (κ1) is 18.9. The van der Waals surface area contributed by atoms with Gasteiger partial charge in [0.15, 0.2) is 11.6 Å². The van der Waals surface area contributed by atoms with Gasteiger partial charge in [-0.3, -0.25) is 0 Å². The van der Waals surface area contributed by atoms with Gasteiger partial charge in [0.1, 0.15) is 5.82 Å². The molecule has 0 spiro atoms. The van der Waals surface area contributed by atoms with Crippen LogP contribution in [0.5, 0.6) is 5.75 Å². The average molecular weight is 432 g/mol. The minimum Gasteiger partial charge on any atom is -0.402 e. The summed E-state index contributed by atoms with van der Waals surface area (Å²) in [4.78, 5) is 18.1. The van der Waals surface area contributed by atoms with Gasteiger partial charge in [0.2, 0.25) is 5.95 Å². The van der Waals surface area contributed by atoms with Crippen LogP contribution in [0.4, 0.5) is 30.8 Å². The molecule has 31 heavy (non-hydrogen) atoms. The number of anilines is 3. The number of nitrogen functional groups attached to an aromatic ring is 1. The number of piperidine rings is 1. The summed E-state index contributed by atoms with van der Waals surface area (Å²) < 4.78 is 42.4. The SMILES string of the molecule is Nc1ncc(-c2cc(N3C[C@H]4CC[C@@H]3C4)nc(N3CC4CC3C4)n2)cc1OC(F)(F)F. The number of nitrogens with two attached hydrogens (primary N) is 1. The van der Waals surface area contributed by atoms with Crippen molar-refractivity contribution >= 4 is 17.6 Å². The number of fused-ring (bicyclic) bond motifs is 3. The van der Waals surface area contributed by atoms with Gasteiger partial charge in [0, 0.05) is 43.0 Å². The summed E-state index contributed by atoms with van der Waals surface area (Å²) >= 11 is 0. The van der Waals surface area contributed by atoms with E-state index >= 15 is 0 Å². The Morgan fingerprint density at radius 3 is 2.39 bits per heavy atom. The Morgan fingerprint density at radius 1 is 0.968 bits per heavy atom. The molecular formula is C21H23F3N6O. The molecule has 2 atom stereocenters. The highest BCUT2D eigenvalue weighted by Gasteiger charge is 2.45. The monoisotopic (exact) mass is 432 g/mol. The van der Waals surface area contributed by atoms with Crippen LogP contribution in [-0.4, -0.2) is 46.5 Å². The van der Waals surface area contributed by atoms with E-state index in [2.05, 4.69) is 19.5 Å². The van der Waals surface area contributed by atoms with Crippen molar-refractivity contribution in [1.29, 1.82) is 0 Å². The molecule has 3 saturated heterocycles. The predicted molar refractivity (Wildman–Crippen MR) is 109 cm³/mol. The molecule has 2 aromatic rings. The standard InChI is InChI=1S/C21H23F3N6O/c22-21(23,24)31-17-6-13(8-26-19(17)25)16-7-18(29-9-11-1-2-14(29)3-11)28-20(27-16)30-10-12-4-15(30)5-12/h6-8,11-12,14-15H,1-5,9-10H2,(H2,25,26)/t11-,12?,14+,15?/m0/s1. The molecule has 2 N–H and O–H groups in total. The van der Waals surface area contributed by atoms with Crippen LogP contribution >= 0.6 is 0 Å². The van der Waals surface area contributed by atoms with Crippen LogP contribution in [0.15, 0.2) is 18.3 Å². The predicted octanol–water partition coefficient (Wildman–Crippen LogP) is 3.61. The molecule has 0 unspecified atom stereocenters. The zero-order valence-electron chi connectivity index (χ0n) is 16.8. The zero-order valence-corrected chi connectivity index (χ0v) is 16.8. The third-order valence-corrected chi connectivity index (χ3v) is 7.17. The lowest BCUT2D eigenvalue weighted by atomic mass is 9.86. The maximum absolute atomic E-state index is 12.8. The van der Waals surface area contributed by atoms with Crippen LogP contribution in [0, 0.1) is 11.8 Å². The molecule has 7 rings (SSSR count). The zero-order chi connectivity index (χ0) is 21.3. The number of hydrogen-bond acceptors (Lipinski definition) is 7. The lowest BCUT2D eigenvalue weighted by Crippen LogP contribution is -2.34. The van der Waals surface area contributed by atoms with Crippen LogP contribution in [0.2, 0.25) is 0 Å². The van der Waals surface area contributed by atoms with Crippen molar-refractivity contribution in [2.75, 3.05) is 28.6 Å². The summed E-state index contributed by atoms with van der Waals surface area (Å²) in [5, 5.41) is 0. The van der Waals surface area contributed by atoms with Gasteiger partial charge in [-0.05, 0) is 50.0 Å². The highest BCUT2D eigenvalue weighted by atomic mass is 19.4. The molecule has 0 amide bonds. The van der Waals surface area contributed by atoms with Crippen molar-refractivity contribution in [2.45, 2.75) is 50.6 Å². The van der Waals surface area contributed by atoms with Crippen molar-refractivity contribution in [3.8, 4) is 17.0 Å². The van der Waals surface area contributed by atoms with Gasteiger partial charge in [-0.15, -0.1) is 13.2 Å². The van der Waals surface area contributed by atoms with E-state index in [0.717, 1.165) is 38.2 Å². The molecular weight excluding hydrogens is 409 g/mol. The van der Waals surface area contributed by atoms with E-state index in [-0.39, 0.29) is 5.82 Å². The molecule has 0 aromatic carbocycles. The fourth-order valence-electron chi connectivity index (χ4n) is 5.63. The normalized spacial score (nSPS) is 28.9. The second-order valence-electron chi connectivity index (χ2n) is 9.20. The number of nitrogens with zero attached hydrogens (tertiary/aromatic N) is 5. The largest absolute Gasteiger partial charge is 0.573 e. The highest BCUT2D eigenvalue weighted by Crippen LogP contribution is 2.44. The number of pyridine rings is 1. The van der Waals surface area contributed by atoms with E-state index < -0.39 is 12.1 Å². The van der Waals surface area contributed by atoms with E-state index in [4.69, 9.17) is 15.7 Å². The number of halogens is 3. The smallest absolute Gasteiger partial charge is 0.402 e. The molecule has 10 heteroatoms. The molecule has 0 radical (unpaired) electrons. The Kier molecular flexibility index (Phi) is 4.04. The second kappa shape index (κ2) is 6.61. The van der Waals surface area contributed by atoms with Gasteiger partial charge >= 0.3 is 6.36 Å². The van der Waals surface area contributed by atoms with Crippen LogP contribution in [-0.2, 0) is 0 Å². The fraction of sp³-hybridized carbons (Fsp3) is 0.571. The number of aromatic nitrogens is 3. The first-order valence-electron chi connectivity index (χ1n) is 10.8. The summed E-state index contributed by atoms with van der Waals surface area (Å²) in [7, 11) is 0. The third-order valence-electron chi connectivity index (χ3n) is 7.17. The molecule has 5 fully saturated rings. The van der Waals surface area contributed by atoms with Gasteiger partial charge in [-0.25, -0.2) is 9.97 Å². The maximum atomic E-state index is 12.8. The Labute approximate surface area is 177 Å². The third kappa shape index (κ3) is 3.32. The molecule has 7 nitrogen and oxygen atoms in total. The van der Waals surface area contributed by atoms with Crippen molar-refractivity contribution in [1.82, 2.24) is 15.0 Å². The van der Waals surface area contributed by atoms with Gasteiger partial charge in [-0.2, -0.15) is 4.98 Å². The topological polar surface area (TPSA) is 80.4 Å². The molecule has 4 bridgehead atoms. The lowest BCUT2D eigenvalue weighted by Gasteiger charge is -2.30. The summed E-state index contributed by atoms with van der Waals surface area (Å²) in [5.41, 5.74) is 6.57. The van der Waals surface area contributed by atoms with Gasteiger partial charge in [-0.1, -0.05) is 0 Å². The summed E-state index contributed by atoms with van der Waals surface area (Å²) in [5.74, 6) is 2.04. The first-order chi connectivity index (χ1) is 14.8. The Balaban J connectivity index is 1.41. The van der Waals surface area contributed by atoms with E-state index in [1.807, 2.05) is 6.07 Å². The number of ether oxygens (including phenoxy) is 1. The van der Waals surface area contributed by atoms with Crippen LogP contribution in [0.25, 0.3) is 11.3 Å². The van der Waals surface area contributed by atoms with Crippen LogP contribution in [0.3, 0.4) is 0 Å². The van der Waals surface area contributed by atoms with Crippen molar-refractivity contribution < 1.29 is 17.9 Å². The van der Waals surface area contributed by atoms with Crippen molar-refractivity contribution in [2.24, 2.45) is 11.8 Å². The minimum atomic E-state index is -4.85. The molecule has 5 heterocycles. The van der Waals surface area contributed by atoms with E-state index in [9.17, 15) is 13.2 Å². The van der Waals surface area contributed by atoms with E-state index in [1.165, 1.54) is 25.1 Å². The first-order valence-corrected chi connectivity index (χ1v) is 10.8. The lowest BCUT2D eigenvalue weighted by molar-refractivity contribution is -0.274. The van der Waals surface area contributed by atoms with Crippen LogP contribution < -0.4 is 20.3 Å². The van der Waals surface area contributed by atoms with E-state index in [1.54, 1.807) is 0 Å². The number of rotatable bonds is 4. The second-order valence-corrected chi connectivity index (χ2v) is 9.20. The summed E-state index contributed by atoms with van der Waals surface area (Å²) in [6.45, 7) is 1.90. The summed E-state index contributed by atoms with van der Waals surface area (Å²) in [6.07, 6.45) is 2.49. The minimum absolute atomic E-state index is 0.312.